The van der Waals surface area contributed by atoms with Gasteiger partial charge in [0.15, 0.2) is 0 Å². The molecule has 1 amide bonds. The smallest absolute Gasteiger partial charge is 0.338 e. The molecule has 32 heavy (non-hydrogen) atoms. The summed E-state index contributed by atoms with van der Waals surface area (Å²) >= 11 is 5.92. The fourth-order valence-electron chi connectivity index (χ4n) is 3.79. The maximum Gasteiger partial charge on any atom is 0.416 e. The van der Waals surface area contributed by atoms with Crippen molar-refractivity contribution in [2.24, 2.45) is 0 Å². The van der Waals surface area contributed by atoms with Crippen LogP contribution >= 0.6 is 24.0 Å². The normalized spacial score (nSPS) is 19.2. The van der Waals surface area contributed by atoms with Gasteiger partial charge in [0.05, 0.1) is 11.1 Å². The number of alkyl halides is 6. The molecule has 176 valence electrons. The minimum atomic E-state index is -5.02. The molecule has 2 atom stereocenters. The third-order valence-corrected chi connectivity index (χ3v) is 5.65. The van der Waals surface area contributed by atoms with E-state index >= 15 is 0 Å². The van der Waals surface area contributed by atoms with Crippen molar-refractivity contribution < 1.29 is 31.1 Å². The van der Waals surface area contributed by atoms with E-state index < -0.39 is 41.0 Å². The minimum Gasteiger partial charge on any atom is -0.338 e. The summed E-state index contributed by atoms with van der Waals surface area (Å²) in [6, 6.07) is 7.48. The Morgan fingerprint density at radius 3 is 2.03 bits per heavy atom. The highest BCUT2D eigenvalue weighted by atomic mass is 35.5. The van der Waals surface area contributed by atoms with Crippen molar-refractivity contribution in [1.29, 1.82) is 0 Å². The van der Waals surface area contributed by atoms with Crippen molar-refractivity contribution in [3.63, 3.8) is 0 Å². The van der Waals surface area contributed by atoms with Crippen LogP contribution < -0.4 is 5.32 Å². The lowest BCUT2D eigenvalue weighted by Gasteiger charge is -2.39. The van der Waals surface area contributed by atoms with E-state index in [1.807, 2.05) is 0 Å². The molecule has 0 aliphatic carbocycles. The molecule has 1 heterocycles. The first kappa shape index (κ1) is 26.3. The third-order valence-electron chi connectivity index (χ3n) is 5.40. The number of halogens is 8. The summed E-state index contributed by atoms with van der Waals surface area (Å²) in [5.74, 6) is -1.10. The van der Waals surface area contributed by atoms with Crippen LogP contribution in [0, 0.1) is 0 Å². The Morgan fingerprint density at radius 1 is 1.00 bits per heavy atom. The van der Waals surface area contributed by atoms with Crippen LogP contribution in [0.4, 0.5) is 26.3 Å². The molecule has 0 spiro atoms. The molecule has 1 saturated heterocycles. The molecule has 1 aliphatic heterocycles. The van der Waals surface area contributed by atoms with E-state index in [1.54, 1.807) is 24.3 Å². The zero-order valence-corrected chi connectivity index (χ0v) is 18.3. The number of hydrogen-bond acceptors (Lipinski definition) is 2. The largest absolute Gasteiger partial charge is 0.416 e. The molecule has 0 saturated carbocycles. The number of likely N-dealkylation sites (N-methyl/N-ethyl adjacent to an activating group) is 1. The Labute approximate surface area is 192 Å². The van der Waals surface area contributed by atoms with Crippen LogP contribution in [0.15, 0.2) is 42.5 Å². The second-order valence-electron chi connectivity index (χ2n) is 7.43. The lowest BCUT2D eigenvalue weighted by Crippen LogP contribution is -2.49. The number of carbonyl (C=O) groups excluding carboxylic acids is 1. The molecule has 1 N–H and O–H groups in total. The Hall–Kier alpha value is -1.97. The summed E-state index contributed by atoms with van der Waals surface area (Å²) in [7, 11) is 1.40. The number of carbonyl (C=O) groups is 1. The van der Waals surface area contributed by atoms with Crippen LogP contribution in [0.2, 0.25) is 5.02 Å². The van der Waals surface area contributed by atoms with Crippen LogP contribution in [-0.4, -0.2) is 37.0 Å². The molecule has 2 aromatic carbocycles. The molecule has 11 heteroatoms. The van der Waals surface area contributed by atoms with Crippen molar-refractivity contribution >= 4 is 29.9 Å². The molecule has 0 bridgehead atoms. The maximum absolute atomic E-state index is 13.2. The van der Waals surface area contributed by atoms with Gasteiger partial charge in [-0.1, -0.05) is 23.7 Å². The number of piperidine rings is 1. The van der Waals surface area contributed by atoms with Gasteiger partial charge in [-0.2, -0.15) is 26.3 Å². The van der Waals surface area contributed by atoms with Crippen molar-refractivity contribution in [3.05, 3.63) is 69.7 Å². The number of hydrogen-bond donors (Lipinski definition) is 1. The summed E-state index contributed by atoms with van der Waals surface area (Å²) in [4.78, 5) is 14.2. The average molecular weight is 501 g/mol. The monoisotopic (exact) mass is 500 g/mol. The van der Waals surface area contributed by atoms with Crippen LogP contribution in [0.25, 0.3) is 0 Å². The Morgan fingerprint density at radius 2 is 1.53 bits per heavy atom. The van der Waals surface area contributed by atoms with Gasteiger partial charge >= 0.3 is 12.4 Å². The van der Waals surface area contributed by atoms with Gasteiger partial charge in [-0.3, -0.25) is 4.79 Å². The zero-order valence-electron chi connectivity index (χ0n) is 16.7. The van der Waals surface area contributed by atoms with Crippen LogP contribution in [-0.2, 0) is 12.4 Å². The Kier molecular flexibility index (Phi) is 8.12. The third kappa shape index (κ3) is 5.88. The van der Waals surface area contributed by atoms with Crippen LogP contribution in [0.3, 0.4) is 0 Å². The van der Waals surface area contributed by atoms with Gasteiger partial charge in [-0.25, -0.2) is 0 Å². The second-order valence-corrected chi connectivity index (χ2v) is 7.87. The summed E-state index contributed by atoms with van der Waals surface area (Å²) in [5, 5.41) is 3.73. The van der Waals surface area contributed by atoms with Crippen molar-refractivity contribution in [1.82, 2.24) is 10.2 Å². The average Bonchev–Trinajstić information content (AvgIpc) is 2.71. The van der Waals surface area contributed by atoms with Gasteiger partial charge in [0, 0.05) is 36.1 Å². The SMILES string of the molecule is CN(C(=O)c1cc(C(F)(F)F)cc(C(F)(F)F)c1)C1CCNCC1c1ccc(Cl)cc1.Cl. The van der Waals surface area contributed by atoms with Gasteiger partial charge in [0.25, 0.3) is 5.91 Å². The predicted octanol–water partition coefficient (Wildman–Crippen LogP) is 6.02. The Balaban J connectivity index is 0.00000363. The maximum atomic E-state index is 13.2. The summed E-state index contributed by atoms with van der Waals surface area (Å²) in [6.45, 7) is 1.06. The molecule has 2 unspecified atom stereocenters. The van der Waals surface area contributed by atoms with Gasteiger partial charge in [0.2, 0.25) is 0 Å². The topological polar surface area (TPSA) is 32.3 Å². The fraction of sp³-hybridized carbons (Fsp3) is 0.381. The first-order valence-electron chi connectivity index (χ1n) is 9.41. The molecule has 0 aromatic heterocycles. The van der Waals surface area contributed by atoms with Crippen molar-refractivity contribution in [2.75, 3.05) is 20.1 Å². The van der Waals surface area contributed by atoms with Crippen LogP contribution in [0.1, 0.15) is 39.4 Å². The standard InChI is InChI=1S/C21H19ClF6N2O.ClH/c1-30(18-6-7-29-11-17(18)12-2-4-16(22)5-3-12)19(31)13-8-14(20(23,24)25)10-15(9-13)21(26,27)28;/h2-5,8-10,17-18,29H,6-7,11H2,1H3;1H. The van der Waals surface area contributed by atoms with Gasteiger partial charge in [-0.15, -0.1) is 12.4 Å². The van der Waals surface area contributed by atoms with Gasteiger partial charge in [0.1, 0.15) is 0 Å². The van der Waals surface area contributed by atoms with Crippen molar-refractivity contribution in [2.45, 2.75) is 30.7 Å². The van der Waals surface area contributed by atoms with E-state index in [9.17, 15) is 31.1 Å². The molecule has 3 nitrogen and oxygen atoms in total. The zero-order chi connectivity index (χ0) is 23.0. The van der Waals surface area contributed by atoms with Gasteiger partial charge < -0.3 is 10.2 Å². The number of nitrogens with one attached hydrogen (secondary N) is 1. The fourth-order valence-corrected chi connectivity index (χ4v) is 3.92. The number of nitrogens with zero attached hydrogens (tertiary/aromatic N) is 1. The van der Waals surface area contributed by atoms with E-state index in [0.717, 1.165) is 5.56 Å². The first-order valence-corrected chi connectivity index (χ1v) is 9.78. The van der Waals surface area contributed by atoms with E-state index in [1.165, 1.54) is 11.9 Å². The molecule has 1 aliphatic rings. The lowest BCUT2D eigenvalue weighted by atomic mass is 9.85. The summed E-state index contributed by atoms with van der Waals surface area (Å²) in [6.07, 6.45) is -9.55. The lowest BCUT2D eigenvalue weighted by molar-refractivity contribution is -0.143. The highest BCUT2D eigenvalue weighted by molar-refractivity contribution is 6.30. The second kappa shape index (κ2) is 9.89. The Bertz CT molecular complexity index is 915. The van der Waals surface area contributed by atoms with Crippen LogP contribution in [0.5, 0.6) is 0 Å². The number of benzene rings is 2. The summed E-state index contributed by atoms with van der Waals surface area (Å²) < 4.78 is 79.0. The van der Waals surface area contributed by atoms with E-state index in [4.69, 9.17) is 11.6 Å². The molecule has 1 fully saturated rings. The number of amides is 1. The molecule has 2 aromatic rings. The predicted molar refractivity (Wildman–Crippen MR) is 111 cm³/mol. The van der Waals surface area contributed by atoms with E-state index in [2.05, 4.69) is 5.32 Å². The van der Waals surface area contributed by atoms with E-state index in [0.29, 0.717) is 36.7 Å². The first-order chi connectivity index (χ1) is 14.4. The number of rotatable bonds is 3. The highest BCUT2D eigenvalue weighted by Crippen LogP contribution is 2.37. The molecular formula is C21H20Cl2F6N2O. The quantitative estimate of drug-likeness (QED) is 0.522. The summed E-state index contributed by atoms with van der Waals surface area (Å²) in [5.41, 5.74) is -2.82. The highest BCUT2D eigenvalue weighted by Gasteiger charge is 2.39. The minimum absolute atomic E-state index is 0. The molecule has 3 rings (SSSR count). The van der Waals surface area contributed by atoms with E-state index in [-0.39, 0.29) is 24.4 Å². The molecule has 0 radical (unpaired) electrons. The molecular weight excluding hydrogens is 481 g/mol. The van der Waals surface area contributed by atoms with Crippen molar-refractivity contribution in [3.8, 4) is 0 Å². The van der Waals surface area contributed by atoms with Gasteiger partial charge in [-0.05, 0) is 48.9 Å².